The Balaban J connectivity index is 1.77. The average molecular weight is 325 g/mol. The van der Waals surface area contributed by atoms with Gasteiger partial charge < -0.3 is 15.4 Å². The molecule has 0 aliphatic carbocycles. The van der Waals surface area contributed by atoms with Gasteiger partial charge in [0.25, 0.3) is 5.91 Å². The molecule has 2 N–H and O–H groups in total. The van der Waals surface area contributed by atoms with E-state index in [1.54, 1.807) is 12.1 Å². The number of carbonyl (C=O) groups excluding carboxylic acids is 1. The fourth-order valence-corrected chi connectivity index (χ4v) is 2.88. The molecule has 0 radical (unpaired) electrons. The summed E-state index contributed by atoms with van der Waals surface area (Å²) >= 11 is 6.07. The third-order valence-corrected chi connectivity index (χ3v) is 4.33. The lowest BCUT2D eigenvalue weighted by Crippen LogP contribution is -2.40. The Hall–Kier alpha value is -1.26. The van der Waals surface area contributed by atoms with E-state index in [1.807, 2.05) is 19.1 Å². The molecule has 22 heavy (non-hydrogen) atoms. The van der Waals surface area contributed by atoms with Gasteiger partial charge >= 0.3 is 0 Å². The van der Waals surface area contributed by atoms with Crippen LogP contribution >= 0.6 is 11.6 Å². The minimum atomic E-state index is -0.496. The van der Waals surface area contributed by atoms with Gasteiger partial charge in [0.2, 0.25) is 0 Å². The van der Waals surface area contributed by atoms with Crippen LogP contribution in [0.5, 0.6) is 5.75 Å². The van der Waals surface area contributed by atoms with E-state index in [-0.39, 0.29) is 5.91 Å². The minimum absolute atomic E-state index is 0.0637. The second-order valence-corrected chi connectivity index (χ2v) is 6.14. The number of hydrogen-bond donors (Lipinski definition) is 2. The number of piperidine rings is 1. The largest absolute Gasteiger partial charge is 0.479 e. The van der Waals surface area contributed by atoms with Gasteiger partial charge in [-0.05, 0) is 56.8 Å². The van der Waals surface area contributed by atoms with Gasteiger partial charge in [-0.25, -0.2) is 0 Å². The third kappa shape index (κ3) is 5.18. The summed E-state index contributed by atoms with van der Waals surface area (Å²) in [6, 6.07) is 7.24. The third-order valence-electron chi connectivity index (χ3n) is 4.02. The van der Waals surface area contributed by atoms with Crippen LogP contribution in [0.25, 0.3) is 0 Å². The quantitative estimate of drug-likeness (QED) is 0.810. The van der Waals surface area contributed by atoms with Gasteiger partial charge in [0, 0.05) is 6.54 Å². The molecular formula is C17H25ClN2O2. The first-order chi connectivity index (χ1) is 10.7. The van der Waals surface area contributed by atoms with Crippen molar-refractivity contribution >= 4 is 17.5 Å². The fourth-order valence-electron chi connectivity index (χ4n) is 2.70. The highest BCUT2D eigenvalue weighted by atomic mass is 35.5. The molecule has 1 aliphatic rings. The number of halogens is 1. The highest BCUT2D eigenvalue weighted by molar-refractivity contribution is 6.32. The maximum Gasteiger partial charge on any atom is 0.261 e. The van der Waals surface area contributed by atoms with Crippen LogP contribution in [0.1, 0.15) is 32.6 Å². The van der Waals surface area contributed by atoms with E-state index in [2.05, 4.69) is 10.6 Å². The summed E-state index contributed by atoms with van der Waals surface area (Å²) in [5.41, 5.74) is 0. The SMILES string of the molecule is CCC(Oc1ccccc1Cl)C(=O)NCCC1CCCNC1. The fraction of sp³-hybridized carbons (Fsp3) is 0.588. The van der Waals surface area contributed by atoms with E-state index >= 15 is 0 Å². The molecule has 1 amide bonds. The Bertz CT molecular complexity index is 475. The summed E-state index contributed by atoms with van der Waals surface area (Å²) < 4.78 is 5.74. The molecule has 122 valence electrons. The second-order valence-electron chi connectivity index (χ2n) is 5.74. The van der Waals surface area contributed by atoms with Gasteiger partial charge in [-0.1, -0.05) is 30.7 Å². The highest BCUT2D eigenvalue weighted by Gasteiger charge is 2.20. The first-order valence-electron chi connectivity index (χ1n) is 8.10. The van der Waals surface area contributed by atoms with E-state index in [9.17, 15) is 4.79 Å². The van der Waals surface area contributed by atoms with Gasteiger partial charge in [-0.3, -0.25) is 4.79 Å². The topological polar surface area (TPSA) is 50.4 Å². The number of hydrogen-bond acceptors (Lipinski definition) is 3. The molecule has 4 nitrogen and oxygen atoms in total. The van der Waals surface area contributed by atoms with Gasteiger partial charge in [0.05, 0.1) is 5.02 Å². The number of nitrogens with one attached hydrogen (secondary N) is 2. The van der Waals surface area contributed by atoms with Gasteiger partial charge in [-0.15, -0.1) is 0 Å². The maximum atomic E-state index is 12.2. The second kappa shape index (κ2) is 9.01. The van der Waals surface area contributed by atoms with E-state index < -0.39 is 6.10 Å². The molecule has 1 aromatic carbocycles. The number of benzene rings is 1. The Morgan fingerprint density at radius 3 is 3.00 bits per heavy atom. The Morgan fingerprint density at radius 2 is 2.32 bits per heavy atom. The highest BCUT2D eigenvalue weighted by Crippen LogP contribution is 2.24. The van der Waals surface area contributed by atoms with Crippen molar-refractivity contribution in [2.45, 2.75) is 38.7 Å². The number of carbonyl (C=O) groups is 1. The zero-order valence-corrected chi connectivity index (χ0v) is 13.9. The van der Waals surface area contributed by atoms with E-state index in [0.29, 0.717) is 29.7 Å². The van der Waals surface area contributed by atoms with Crippen LogP contribution in [0, 0.1) is 5.92 Å². The number of rotatable bonds is 7. The average Bonchev–Trinajstić information content (AvgIpc) is 2.55. The number of amides is 1. The first-order valence-corrected chi connectivity index (χ1v) is 8.48. The summed E-state index contributed by atoms with van der Waals surface area (Å²) in [5.74, 6) is 1.16. The van der Waals surface area contributed by atoms with Crippen molar-refractivity contribution in [2.24, 2.45) is 5.92 Å². The molecule has 0 bridgehead atoms. The van der Waals surface area contributed by atoms with Crippen LogP contribution in [0.15, 0.2) is 24.3 Å². The lowest BCUT2D eigenvalue weighted by atomic mass is 9.96. The molecule has 1 saturated heterocycles. The molecule has 2 atom stereocenters. The Morgan fingerprint density at radius 1 is 1.50 bits per heavy atom. The summed E-state index contributed by atoms with van der Waals surface area (Å²) in [4.78, 5) is 12.2. The summed E-state index contributed by atoms with van der Waals surface area (Å²) in [6.07, 6.45) is 3.61. The summed E-state index contributed by atoms with van der Waals surface area (Å²) in [5, 5.41) is 6.91. The van der Waals surface area contributed by atoms with Crippen LogP contribution in [0.2, 0.25) is 5.02 Å². The van der Waals surface area contributed by atoms with Crippen LogP contribution < -0.4 is 15.4 Å². The van der Waals surface area contributed by atoms with Crippen molar-refractivity contribution in [1.29, 1.82) is 0 Å². The predicted octanol–water partition coefficient (Wildman–Crippen LogP) is 3.00. The molecule has 1 fully saturated rings. The monoisotopic (exact) mass is 324 g/mol. The predicted molar refractivity (Wildman–Crippen MR) is 89.4 cm³/mol. The molecule has 2 unspecified atom stereocenters. The lowest BCUT2D eigenvalue weighted by molar-refractivity contribution is -0.128. The van der Waals surface area contributed by atoms with Crippen LogP contribution in [-0.4, -0.2) is 31.6 Å². The molecular weight excluding hydrogens is 300 g/mol. The summed E-state index contributed by atoms with van der Waals surface area (Å²) in [6.45, 7) is 4.81. The molecule has 0 spiro atoms. The molecule has 1 aliphatic heterocycles. The molecule has 1 aromatic rings. The molecule has 0 aromatic heterocycles. The van der Waals surface area contributed by atoms with Gasteiger partial charge in [0.1, 0.15) is 5.75 Å². The van der Waals surface area contributed by atoms with Crippen LogP contribution in [0.3, 0.4) is 0 Å². The van der Waals surface area contributed by atoms with Gasteiger partial charge in [0.15, 0.2) is 6.10 Å². The molecule has 1 heterocycles. The molecule has 0 saturated carbocycles. The Kier molecular flexibility index (Phi) is 7.00. The molecule has 2 rings (SSSR count). The van der Waals surface area contributed by atoms with E-state index in [1.165, 1.54) is 12.8 Å². The Labute approximate surface area is 137 Å². The van der Waals surface area contributed by atoms with E-state index in [4.69, 9.17) is 16.3 Å². The van der Waals surface area contributed by atoms with Crippen LogP contribution in [-0.2, 0) is 4.79 Å². The van der Waals surface area contributed by atoms with Gasteiger partial charge in [-0.2, -0.15) is 0 Å². The standard InChI is InChI=1S/C17H25ClN2O2/c1-2-15(22-16-8-4-3-7-14(16)18)17(21)20-11-9-13-6-5-10-19-12-13/h3-4,7-8,13,15,19H,2,5-6,9-12H2,1H3,(H,20,21). The molecule has 5 heteroatoms. The summed E-state index contributed by atoms with van der Waals surface area (Å²) in [7, 11) is 0. The zero-order valence-electron chi connectivity index (χ0n) is 13.1. The van der Waals surface area contributed by atoms with Crippen molar-refractivity contribution < 1.29 is 9.53 Å². The van der Waals surface area contributed by atoms with Crippen LogP contribution in [0.4, 0.5) is 0 Å². The number of para-hydroxylation sites is 1. The zero-order chi connectivity index (χ0) is 15.8. The van der Waals surface area contributed by atoms with Crippen molar-refractivity contribution in [3.05, 3.63) is 29.3 Å². The first kappa shape index (κ1) is 17.1. The smallest absolute Gasteiger partial charge is 0.261 e. The van der Waals surface area contributed by atoms with Crippen molar-refractivity contribution in [3.63, 3.8) is 0 Å². The maximum absolute atomic E-state index is 12.2. The normalized spacial score (nSPS) is 19.5. The number of ether oxygens (including phenoxy) is 1. The van der Waals surface area contributed by atoms with Crippen molar-refractivity contribution in [3.8, 4) is 5.75 Å². The van der Waals surface area contributed by atoms with E-state index in [0.717, 1.165) is 19.5 Å². The van der Waals surface area contributed by atoms with Crippen molar-refractivity contribution in [2.75, 3.05) is 19.6 Å². The lowest BCUT2D eigenvalue weighted by Gasteiger charge is -2.23. The van der Waals surface area contributed by atoms with Crippen molar-refractivity contribution in [1.82, 2.24) is 10.6 Å². The minimum Gasteiger partial charge on any atom is -0.479 e.